The number of nitrogens with one attached hydrogen (secondary N) is 3. The van der Waals surface area contributed by atoms with Crippen LogP contribution in [-0.2, 0) is 24.3 Å². The molecule has 0 bridgehead atoms. The maximum atomic E-state index is 12.0. The Kier molecular flexibility index (Phi) is 12.0. The van der Waals surface area contributed by atoms with E-state index in [0.717, 1.165) is 49.1 Å². The zero-order chi connectivity index (χ0) is 21.1. The van der Waals surface area contributed by atoms with Crippen molar-refractivity contribution in [1.29, 1.82) is 0 Å². The van der Waals surface area contributed by atoms with E-state index in [1.807, 2.05) is 49.6 Å². The minimum Gasteiger partial charge on any atom is -0.357 e. The van der Waals surface area contributed by atoms with Gasteiger partial charge < -0.3 is 20.5 Å². The van der Waals surface area contributed by atoms with Gasteiger partial charge in [0.25, 0.3) is 0 Å². The lowest BCUT2D eigenvalue weighted by Crippen LogP contribution is -2.38. The average molecular weight is 527 g/mol. The molecule has 0 aliphatic carbocycles. The number of guanidine groups is 1. The molecule has 9 heteroatoms. The first-order valence-electron chi connectivity index (χ1n) is 10.3. The van der Waals surface area contributed by atoms with Crippen LogP contribution in [0, 0.1) is 5.92 Å². The van der Waals surface area contributed by atoms with Crippen LogP contribution in [0.5, 0.6) is 0 Å². The Balaban J connectivity index is 0.00000450. The number of carbonyl (C=O) groups excluding carboxylic acids is 1. The first-order chi connectivity index (χ1) is 14.0. The number of aromatic nitrogens is 3. The van der Waals surface area contributed by atoms with Crippen molar-refractivity contribution in [2.24, 2.45) is 10.9 Å². The van der Waals surface area contributed by atoms with Gasteiger partial charge in [0.05, 0.1) is 6.54 Å². The van der Waals surface area contributed by atoms with Gasteiger partial charge in [-0.2, -0.15) is 0 Å². The Morgan fingerprint density at radius 1 is 1.23 bits per heavy atom. The third kappa shape index (κ3) is 9.10. The molecule has 0 saturated carbocycles. The molecule has 0 spiro atoms. The van der Waals surface area contributed by atoms with Crippen molar-refractivity contribution in [2.75, 3.05) is 18.4 Å². The van der Waals surface area contributed by atoms with Crippen LogP contribution in [0.1, 0.15) is 45.5 Å². The van der Waals surface area contributed by atoms with Crippen molar-refractivity contribution >= 4 is 41.5 Å². The summed E-state index contributed by atoms with van der Waals surface area (Å²) in [7, 11) is 0. The van der Waals surface area contributed by atoms with Gasteiger partial charge in [0.15, 0.2) is 5.96 Å². The van der Waals surface area contributed by atoms with Gasteiger partial charge in [-0.25, -0.2) is 4.99 Å². The van der Waals surface area contributed by atoms with Crippen LogP contribution < -0.4 is 16.0 Å². The maximum Gasteiger partial charge on any atom is 0.224 e. The molecule has 166 valence electrons. The second kappa shape index (κ2) is 13.9. The summed E-state index contributed by atoms with van der Waals surface area (Å²) in [5, 5.41) is 17.6. The second-order valence-electron chi connectivity index (χ2n) is 7.26. The zero-order valence-corrected chi connectivity index (χ0v) is 20.6. The van der Waals surface area contributed by atoms with Crippen LogP contribution >= 0.6 is 24.0 Å². The van der Waals surface area contributed by atoms with E-state index in [1.165, 1.54) is 0 Å². The van der Waals surface area contributed by atoms with E-state index in [2.05, 4.69) is 38.1 Å². The van der Waals surface area contributed by atoms with Gasteiger partial charge in [0.2, 0.25) is 5.91 Å². The van der Waals surface area contributed by atoms with Gasteiger partial charge in [0, 0.05) is 38.2 Å². The number of anilines is 1. The summed E-state index contributed by atoms with van der Waals surface area (Å²) in [6.45, 7) is 11.0. The fourth-order valence-electron chi connectivity index (χ4n) is 2.88. The molecule has 0 radical (unpaired) electrons. The fourth-order valence-corrected chi connectivity index (χ4v) is 2.88. The number of carbonyl (C=O) groups is 1. The molecule has 1 heterocycles. The lowest BCUT2D eigenvalue weighted by molar-refractivity contribution is -0.116. The van der Waals surface area contributed by atoms with Crippen LogP contribution in [0.25, 0.3) is 0 Å². The van der Waals surface area contributed by atoms with E-state index in [-0.39, 0.29) is 29.9 Å². The SMILES string of the molecule is CCNC(=NCc1cccc(NC(=O)CC(C)C)c1)NCCn1cnnc1CC.I. The molecular weight excluding hydrogens is 493 g/mol. The van der Waals surface area contributed by atoms with Gasteiger partial charge in [-0.15, -0.1) is 34.2 Å². The Hall–Kier alpha value is -2.17. The summed E-state index contributed by atoms with van der Waals surface area (Å²) < 4.78 is 2.04. The maximum absolute atomic E-state index is 12.0. The molecule has 1 aromatic carbocycles. The quantitative estimate of drug-likeness (QED) is 0.251. The van der Waals surface area contributed by atoms with E-state index in [1.54, 1.807) is 6.33 Å². The van der Waals surface area contributed by atoms with Gasteiger partial charge in [0.1, 0.15) is 12.2 Å². The molecule has 0 atom stereocenters. The Bertz CT molecular complexity index is 804. The second-order valence-corrected chi connectivity index (χ2v) is 7.26. The van der Waals surface area contributed by atoms with Crippen LogP contribution in [-0.4, -0.2) is 39.7 Å². The average Bonchev–Trinajstić information content (AvgIpc) is 3.13. The number of rotatable bonds is 10. The van der Waals surface area contributed by atoms with E-state index in [4.69, 9.17) is 0 Å². The number of nitrogens with zero attached hydrogens (tertiary/aromatic N) is 4. The van der Waals surface area contributed by atoms with Crippen LogP contribution in [0.2, 0.25) is 0 Å². The summed E-state index contributed by atoms with van der Waals surface area (Å²) in [6.07, 6.45) is 3.13. The van der Waals surface area contributed by atoms with E-state index >= 15 is 0 Å². The summed E-state index contributed by atoms with van der Waals surface area (Å²) in [6, 6.07) is 7.82. The summed E-state index contributed by atoms with van der Waals surface area (Å²) >= 11 is 0. The molecule has 1 aromatic heterocycles. The molecule has 2 rings (SSSR count). The largest absolute Gasteiger partial charge is 0.357 e. The molecule has 0 fully saturated rings. The third-order valence-corrected chi connectivity index (χ3v) is 4.23. The summed E-state index contributed by atoms with van der Waals surface area (Å²) in [5.41, 5.74) is 1.85. The van der Waals surface area contributed by atoms with Crippen molar-refractivity contribution in [1.82, 2.24) is 25.4 Å². The highest BCUT2D eigenvalue weighted by atomic mass is 127. The highest BCUT2D eigenvalue weighted by molar-refractivity contribution is 14.0. The van der Waals surface area contributed by atoms with Crippen molar-refractivity contribution < 1.29 is 4.79 Å². The standard InChI is InChI=1S/C21H33N7O.HI/c1-5-19-27-25-15-28(19)11-10-23-21(22-6-2)24-14-17-8-7-9-18(13-17)26-20(29)12-16(3)4;/h7-9,13,15-16H,5-6,10-12,14H2,1-4H3,(H,26,29)(H2,22,23,24);1H. The molecule has 1 amide bonds. The van der Waals surface area contributed by atoms with Crippen molar-refractivity contribution in [3.05, 3.63) is 42.0 Å². The summed E-state index contributed by atoms with van der Waals surface area (Å²) in [5.74, 6) is 2.11. The first-order valence-corrected chi connectivity index (χ1v) is 10.3. The molecule has 2 aromatic rings. The molecule has 0 aliphatic heterocycles. The third-order valence-electron chi connectivity index (χ3n) is 4.23. The predicted octanol–water partition coefficient (Wildman–Crippen LogP) is 3.20. The smallest absolute Gasteiger partial charge is 0.224 e. The zero-order valence-electron chi connectivity index (χ0n) is 18.3. The highest BCUT2D eigenvalue weighted by Gasteiger charge is 2.06. The molecule has 8 nitrogen and oxygen atoms in total. The number of hydrogen-bond donors (Lipinski definition) is 3. The first kappa shape index (κ1) is 25.9. The van der Waals surface area contributed by atoms with Crippen molar-refractivity contribution in [3.63, 3.8) is 0 Å². The summed E-state index contributed by atoms with van der Waals surface area (Å²) in [4.78, 5) is 16.6. The van der Waals surface area contributed by atoms with Crippen LogP contribution in [0.4, 0.5) is 5.69 Å². The minimum absolute atomic E-state index is 0. The van der Waals surface area contributed by atoms with Gasteiger partial charge >= 0.3 is 0 Å². The Labute approximate surface area is 196 Å². The van der Waals surface area contributed by atoms with E-state index in [9.17, 15) is 4.79 Å². The normalized spacial score (nSPS) is 11.2. The van der Waals surface area contributed by atoms with E-state index < -0.39 is 0 Å². The molecule has 0 unspecified atom stereocenters. The monoisotopic (exact) mass is 527 g/mol. The van der Waals surface area contributed by atoms with Crippen LogP contribution in [0.15, 0.2) is 35.6 Å². The van der Waals surface area contributed by atoms with Gasteiger partial charge in [-0.3, -0.25) is 4.79 Å². The van der Waals surface area contributed by atoms with E-state index in [0.29, 0.717) is 18.9 Å². The number of halogens is 1. The highest BCUT2D eigenvalue weighted by Crippen LogP contribution is 2.13. The Morgan fingerprint density at radius 2 is 2.03 bits per heavy atom. The molecule has 3 N–H and O–H groups in total. The fraction of sp³-hybridized carbons (Fsp3) is 0.524. The van der Waals surface area contributed by atoms with Gasteiger partial charge in [-0.05, 0) is 30.5 Å². The number of aliphatic imine (C=N–C) groups is 1. The topological polar surface area (TPSA) is 96.2 Å². The molecule has 0 saturated heterocycles. The lowest BCUT2D eigenvalue weighted by atomic mass is 10.1. The number of hydrogen-bond acceptors (Lipinski definition) is 4. The number of amides is 1. The predicted molar refractivity (Wildman–Crippen MR) is 132 cm³/mol. The molecular formula is C21H34IN7O. The number of benzene rings is 1. The minimum atomic E-state index is 0. The molecule has 0 aliphatic rings. The molecule has 30 heavy (non-hydrogen) atoms. The van der Waals surface area contributed by atoms with Crippen molar-refractivity contribution in [3.8, 4) is 0 Å². The van der Waals surface area contributed by atoms with Gasteiger partial charge in [-0.1, -0.05) is 32.9 Å². The lowest BCUT2D eigenvalue weighted by Gasteiger charge is -2.12. The van der Waals surface area contributed by atoms with Crippen molar-refractivity contribution in [2.45, 2.75) is 53.6 Å². The van der Waals surface area contributed by atoms with Crippen LogP contribution in [0.3, 0.4) is 0 Å². The Morgan fingerprint density at radius 3 is 2.73 bits per heavy atom. The number of aryl methyl sites for hydroxylation is 1.